The van der Waals surface area contributed by atoms with Crippen LogP contribution in [0.4, 0.5) is 0 Å². The molecule has 104 valence electrons. The summed E-state index contributed by atoms with van der Waals surface area (Å²) >= 11 is 5.85. The Labute approximate surface area is 121 Å². The molecule has 5 heteroatoms. The van der Waals surface area contributed by atoms with Crippen molar-refractivity contribution in [1.82, 2.24) is 4.90 Å². The van der Waals surface area contributed by atoms with Gasteiger partial charge in [0.1, 0.15) is 0 Å². The third-order valence-corrected chi connectivity index (χ3v) is 4.88. The Bertz CT molecular complexity index is 557. The first-order chi connectivity index (χ1) is 9.65. The van der Waals surface area contributed by atoms with Crippen molar-refractivity contribution in [3.63, 3.8) is 0 Å². The van der Waals surface area contributed by atoms with Crippen LogP contribution in [0, 0.1) is 11.8 Å². The average Bonchev–Trinajstić information content (AvgIpc) is 3.11. The molecule has 3 heterocycles. The predicted octanol–water partition coefficient (Wildman–Crippen LogP) is 2.00. The van der Waals surface area contributed by atoms with Gasteiger partial charge in [-0.2, -0.15) is 0 Å². The Balaban J connectivity index is 1.59. The van der Waals surface area contributed by atoms with Crippen molar-refractivity contribution in [2.75, 3.05) is 0 Å². The summed E-state index contributed by atoms with van der Waals surface area (Å²) in [6.45, 7) is 0.335. The van der Waals surface area contributed by atoms with Gasteiger partial charge in [0.25, 0.3) is 0 Å². The molecule has 3 saturated heterocycles. The minimum Gasteiger partial charge on any atom is -0.373 e. The van der Waals surface area contributed by atoms with E-state index in [2.05, 4.69) is 0 Å². The summed E-state index contributed by atoms with van der Waals surface area (Å²) in [5, 5.41) is 0.649. The predicted molar refractivity (Wildman–Crippen MR) is 71.9 cm³/mol. The van der Waals surface area contributed by atoms with Crippen molar-refractivity contribution in [2.45, 2.75) is 31.6 Å². The fourth-order valence-electron chi connectivity index (χ4n) is 3.70. The van der Waals surface area contributed by atoms with Crippen LogP contribution in [0.15, 0.2) is 24.3 Å². The molecule has 0 aromatic heterocycles. The third-order valence-electron chi connectivity index (χ3n) is 4.63. The molecule has 1 aromatic rings. The number of nitrogens with zero attached hydrogens (tertiary/aromatic N) is 1. The SMILES string of the molecule is O=C1C2C3CCC(O3)C2C(=O)N1Cc1ccc(Cl)cc1. The molecule has 4 unspecified atom stereocenters. The maximum atomic E-state index is 12.5. The molecule has 0 aliphatic carbocycles. The van der Waals surface area contributed by atoms with Gasteiger partial charge >= 0.3 is 0 Å². The first kappa shape index (κ1) is 12.4. The second kappa shape index (κ2) is 4.30. The number of halogens is 1. The molecule has 3 aliphatic rings. The van der Waals surface area contributed by atoms with Gasteiger partial charge < -0.3 is 4.74 Å². The van der Waals surface area contributed by atoms with Gasteiger partial charge in [0.05, 0.1) is 30.6 Å². The number of hydrogen-bond donors (Lipinski definition) is 0. The number of likely N-dealkylation sites (tertiary alicyclic amines) is 1. The van der Waals surface area contributed by atoms with E-state index in [0.717, 1.165) is 18.4 Å². The number of carbonyl (C=O) groups is 2. The first-order valence-corrected chi connectivity index (χ1v) is 7.28. The fraction of sp³-hybridized carbons (Fsp3) is 0.467. The quantitative estimate of drug-likeness (QED) is 0.783. The summed E-state index contributed by atoms with van der Waals surface area (Å²) < 4.78 is 5.71. The van der Waals surface area contributed by atoms with Crippen molar-refractivity contribution >= 4 is 23.4 Å². The lowest BCUT2D eigenvalue weighted by Gasteiger charge is -2.17. The lowest BCUT2D eigenvalue weighted by molar-refractivity contribution is -0.143. The first-order valence-electron chi connectivity index (χ1n) is 6.90. The highest BCUT2D eigenvalue weighted by Crippen LogP contribution is 2.48. The Morgan fingerprint density at radius 1 is 1.05 bits per heavy atom. The Morgan fingerprint density at radius 3 is 2.15 bits per heavy atom. The molecule has 1 aromatic carbocycles. The average molecular weight is 292 g/mol. The molecule has 0 radical (unpaired) electrons. The van der Waals surface area contributed by atoms with Crippen molar-refractivity contribution < 1.29 is 14.3 Å². The highest BCUT2D eigenvalue weighted by molar-refractivity contribution is 6.30. The summed E-state index contributed by atoms with van der Waals surface area (Å²) in [4.78, 5) is 26.3. The summed E-state index contributed by atoms with van der Waals surface area (Å²) in [6.07, 6.45) is 1.72. The lowest BCUT2D eigenvalue weighted by Crippen LogP contribution is -2.33. The lowest BCUT2D eigenvalue weighted by atomic mass is 9.81. The number of carbonyl (C=O) groups excluding carboxylic acids is 2. The summed E-state index contributed by atoms with van der Waals surface area (Å²) in [5.41, 5.74) is 0.921. The summed E-state index contributed by atoms with van der Waals surface area (Å²) in [5.74, 6) is -0.619. The molecule has 4 nitrogen and oxygen atoms in total. The van der Waals surface area contributed by atoms with Crippen LogP contribution >= 0.6 is 11.6 Å². The van der Waals surface area contributed by atoms with Gasteiger partial charge in [-0.3, -0.25) is 14.5 Å². The number of rotatable bonds is 2. The Hall–Kier alpha value is -1.39. The fourth-order valence-corrected chi connectivity index (χ4v) is 3.83. The van der Waals surface area contributed by atoms with E-state index in [1.165, 1.54) is 4.90 Å². The van der Waals surface area contributed by atoms with Crippen LogP contribution in [-0.4, -0.2) is 28.9 Å². The number of amides is 2. The minimum atomic E-state index is -0.242. The summed E-state index contributed by atoms with van der Waals surface area (Å²) in [6, 6.07) is 7.25. The van der Waals surface area contributed by atoms with Crippen LogP contribution in [0.3, 0.4) is 0 Å². The molecular formula is C15H14ClNO3. The van der Waals surface area contributed by atoms with Gasteiger partial charge in [0, 0.05) is 5.02 Å². The van der Waals surface area contributed by atoms with Crippen molar-refractivity contribution in [3.8, 4) is 0 Å². The number of imide groups is 1. The van der Waals surface area contributed by atoms with Crippen molar-refractivity contribution in [3.05, 3.63) is 34.9 Å². The minimum absolute atomic E-state index is 0.0448. The van der Waals surface area contributed by atoms with Gasteiger partial charge in [-0.1, -0.05) is 23.7 Å². The van der Waals surface area contributed by atoms with Gasteiger partial charge in [-0.05, 0) is 30.5 Å². The number of fused-ring (bicyclic) bond motifs is 5. The maximum Gasteiger partial charge on any atom is 0.236 e. The van der Waals surface area contributed by atoms with Crippen molar-refractivity contribution in [2.24, 2.45) is 11.8 Å². The van der Waals surface area contributed by atoms with Gasteiger partial charge in [-0.15, -0.1) is 0 Å². The molecule has 0 spiro atoms. The highest BCUT2D eigenvalue weighted by Gasteiger charge is 2.62. The second-order valence-corrected chi connectivity index (χ2v) is 6.17. The van der Waals surface area contributed by atoms with E-state index in [9.17, 15) is 9.59 Å². The van der Waals surface area contributed by atoms with Gasteiger partial charge in [0.15, 0.2) is 0 Å². The van der Waals surface area contributed by atoms with Crippen LogP contribution in [0.2, 0.25) is 5.02 Å². The Kier molecular flexibility index (Phi) is 2.66. The number of hydrogen-bond acceptors (Lipinski definition) is 3. The third kappa shape index (κ3) is 1.64. The van der Waals surface area contributed by atoms with Crippen LogP contribution < -0.4 is 0 Å². The van der Waals surface area contributed by atoms with Crippen LogP contribution in [-0.2, 0) is 20.9 Å². The topological polar surface area (TPSA) is 46.6 Å². The molecule has 0 saturated carbocycles. The maximum absolute atomic E-state index is 12.5. The number of benzene rings is 1. The second-order valence-electron chi connectivity index (χ2n) is 5.73. The largest absolute Gasteiger partial charge is 0.373 e. The van der Waals surface area contributed by atoms with Crippen molar-refractivity contribution in [1.29, 1.82) is 0 Å². The van der Waals surface area contributed by atoms with Gasteiger partial charge in [-0.25, -0.2) is 0 Å². The highest BCUT2D eigenvalue weighted by atomic mass is 35.5. The van der Waals surface area contributed by atoms with E-state index in [4.69, 9.17) is 16.3 Å². The van der Waals surface area contributed by atoms with E-state index in [-0.39, 0.29) is 35.9 Å². The van der Waals surface area contributed by atoms with E-state index in [1.54, 1.807) is 12.1 Å². The van der Waals surface area contributed by atoms with Crippen LogP contribution in [0.1, 0.15) is 18.4 Å². The molecule has 20 heavy (non-hydrogen) atoms. The molecule has 2 amide bonds. The monoisotopic (exact) mass is 291 g/mol. The van der Waals surface area contributed by atoms with E-state index in [0.29, 0.717) is 11.6 Å². The summed E-state index contributed by atoms with van der Waals surface area (Å²) in [7, 11) is 0. The molecule has 4 atom stereocenters. The zero-order chi connectivity index (χ0) is 13.9. The molecular weight excluding hydrogens is 278 g/mol. The standard InChI is InChI=1S/C15H14ClNO3/c16-9-3-1-8(2-4-9)7-17-14(18)12-10-5-6-11(20-10)13(12)15(17)19/h1-4,10-13H,5-7H2. The smallest absolute Gasteiger partial charge is 0.236 e. The zero-order valence-corrected chi connectivity index (χ0v) is 11.5. The Morgan fingerprint density at radius 2 is 1.60 bits per heavy atom. The molecule has 2 bridgehead atoms. The molecule has 4 rings (SSSR count). The van der Waals surface area contributed by atoms with Gasteiger partial charge in [0.2, 0.25) is 11.8 Å². The number of ether oxygens (including phenoxy) is 1. The normalized spacial score (nSPS) is 35.0. The molecule has 3 aliphatic heterocycles. The zero-order valence-electron chi connectivity index (χ0n) is 10.8. The molecule has 3 fully saturated rings. The van der Waals surface area contributed by atoms with Crippen LogP contribution in [0.5, 0.6) is 0 Å². The van der Waals surface area contributed by atoms with E-state index >= 15 is 0 Å². The van der Waals surface area contributed by atoms with E-state index in [1.807, 2.05) is 12.1 Å². The van der Waals surface area contributed by atoms with Crippen LogP contribution in [0.25, 0.3) is 0 Å². The molecule has 0 N–H and O–H groups in total. The van der Waals surface area contributed by atoms with E-state index < -0.39 is 0 Å².